The van der Waals surface area contributed by atoms with Gasteiger partial charge in [0, 0.05) is 12.6 Å². The zero-order chi connectivity index (χ0) is 18.2. The lowest BCUT2D eigenvalue weighted by atomic mass is 9.97. The van der Waals surface area contributed by atoms with Gasteiger partial charge in [0.1, 0.15) is 0 Å². The second kappa shape index (κ2) is 9.42. The number of nitrogens with zero attached hydrogens (tertiary/aromatic N) is 1. The summed E-state index contributed by atoms with van der Waals surface area (Å²) in [5.74, 6) is 0.0794. The van der Waals surface area contributed by atoms with Crippen molar-refractivity contribution >= 4 is 11.9 Å². The number of urea groups is 1. The van der Waals surface area contributed by atoms with Crippen LogP contribution in [0.5, 0.6) is 0 Å². The van der Waals surface area contributed by atoms with E-state index in [0.717, 1.165) is 50.0 Å². The number of piperidine rings is 1. The third-order valence-electron chi connectivity index (χ3n) is 4.79. The summed E-state index contributed by atoms with van der Waals surface area (Å²) in [6, 6.07) is 7.06. The predicted molar refractivity (Wildman–Crippen MR) is 99.2 cm³/mol. The molecule has 3 amide bonds. The standard InChI is InChI=1S/C19H30N4O2/c1-3-12-23(15-8-10-21-11-9-15)18(24)13-17(22-19(20)25)16-7-5-4-6-14(16)2/h4-7,15,17,21H,3,8-13H2,1-2H3,(H3,20,22,25). The lowest BCUT2D eigenvalue weighted by Gasteiger charge is -2.35. The van der Waals surface area contributed by atoms with Gasteiger partial charge in [-0.25, -0.2) is 4.79 Å². The van der Waals surface area contributed by atoms with Gasteiger partial charge < -0.3 is 21.3 Å². The number of nitrogens with two attached hydrogens (primary N) is 1. The zero-order valence-electron chi connectivity index (χ0n) is 15.3. The average molecular weight is 346 g/mol. The van der Waals surface area contributed by atoms with Crippen molar-refractivity contribution in [3.8, 4) is 0 Å². The van der Waals surface area contributed by atoms with Crippen LogP contribution in [0.1, 0.15) is 49.8 Å². The Labute approximate surface area is 150 Å². The van der Waals surface area contributed by atoms with Crippen LogP contribution in [-0.2, 0) is 4.79 Å². The van der Waals surface area contributed by atoms with Crippen LogP contribution in [-0.4, -0.2) is 42.5 Å². The smallest absolute Gasteiger partial charge is 0.312 e. The highest BCUT2D eigenvalue weighted by Crippen LogP contribution is 2.23. The average Bonchev–Trinajstić information content (AvgIpc) is 2.59. The summed E-state index contributed by atoms with van der Waals surface area (Å²) in [5, 5.41) is 6.09. The van der Waals surface area contributed by atoms with E-state index in [9.17, 15) is 9.59 Å². The van der Waals surface area contributed by atoms with Crippen LogP contribution >= 0.6 is 0 Å². The quantitative estimate of drug-likeness (QED) is 0.706. The number of carbonyl (C=O) groups is 2. The second-order valence-corrected chi connectivity index (χ2v) is 6.69. The molecular weight excluding hydrogens is 316 g/mol. The topological polar surface area (TPSA) is 87.5 Å². The van der Waals surface area contributed by atoms with Crippen molar-refractivity contribution in [3.63, 3.8) is 0 Å². The minimum atomic E-state index is -0.607. The number of hydrogen-bond donors (Lipinski definition) is 3. The summed E-state index contributed by atoms with van der Waals surface area (Å²) in [4.78, 5) is 26.5. The van der Waals surface area contributed by atoms with Crippen molar-refractivity contribution < 1.29 is 9.59 Å². The highest BCUT2D eigenvalue weighted by Gasteiger charge is 2.27. The van der Waals surface area contributed by atoms with Crippen LogP contribution < -0.4 is 16.4 Å². The van der Waals surface area contributed by atoms with E-state index in [0.29, 0.717) is 0 Å². The molecule has 1 heterocycles. The fourth-order valence-corrected chi connectivity index (χ4v) is 3.55. The number of carbonyl (C=O) groups excluding carboxylic acids is 2. The molecule has 0 radical (unpaired) electrons. The molecule has 1 unspecified atom stereocenters. The highest BCUT2D eigenvalue weighted by molar-refractivity contribution is 5.79. The number of aryl methyl sites for hydroxylation is 1. The third-order valence-corrected chi connectivity index (χ3v) is 4.79. The molecule has 4 N–H and O–H groups in total. The Morgan fingerprint density at radius 3 is 2.60 bits per heavy atom. The van der Waals surface area contributed by atoms with Crippen LogP contribution in [0.2, 0.25) is 0 Å². The highest BCUT2D eigenvalue weighted by atomic mass is 16.2. The molecule has 1 aliphatic heterocycles. The molecule has 1 aliphatic rings. The molecule has 0 aliphatic carbocycles. The van der Waals surface area contributed by atoms with Crippen LogP contribution in [0.3, 0.4) is 0 Å². The fraction of sp³-hybridized carbons (Fsp3) is 0.579. The van der Waals surface area contributed by atoms with Crippen molar-refractivity contribution in [2.45, 2.75) is 51.6 Å². The summed E-state index contributed by atoms with van der Waals surface area (Å²) in [7, 11) is 0. The van der Waals surface area contributed by atoms with E-state index in [4.69, 9.17) is 5.73 Å². The molecular formula is C19H30N4O2. The van der Waals surface area contributed by atoms with Gasteiger partial charge in [0.2, 0.25) is 5.91 Å². The first kappa shape index (κ1) is 19.2. The number of benzene rings is 1. The van der Waals surface area contributed by atoms with Gasteiger partial charge in [-0.15, -0.1) is 0 Å². The minimum absolute atomic E-state index is 0.0794. The molecule has 1 atom stereocenters. The predicted octanol–water partition coefficient (Wildman–Crippen LogP) is 2.09. The molecule has 0 saturated carbocycles. The van der Waals surface area contributed by atoms with Crippen molar-refractivity contribution in [2.24, 2.45) is 5.73 Å². The maximum absolute atomic E-state index is 13.0. The van der Waals surface area contributed by atoms with E-state index >= 15 is 0 Å². The molecule has 1 fully saturated rings. The van der Waals surface area contributed by atoms with Crippen LogP contribution in [0, 0.1) is 6.92 Å². The van der Waals surface area contributed by atoms with Crippen molar-refractivity contribution in [3.05, 3.63) is 35.4 Å². The van der Waals surface area contributed by atoms with Crippen molar-refractivity contribution in [1.29, 1.82) is 0 Å². The van der Waals surface area contributed by atoms with Gasteiger partial charge in [0.25, 0.3) is 0 Å². The molecule has 1 aromatic rings. The van der Waals surface area contributed by atoms with Gasteiger partial charge in [-0.2, -0.15) is 0 Å². The Morgan fingerprint density at radius 1 is 1.32 bits per heavy atom. The SMILES string of the molecule is CCCN(C(=O)CC(NC(N)=O)c1ccccc1C)C1CCNCC1. The summed E-state index contributed by atoms with van der Waals surface area (Å²) < 4.78 is 0. The summed E-state index contributed by atoms with van der Waals surface area (Å²) in [6.45, 7) is 6.70. The van der Waals surface area contributed by atoms with Crippen LogP contribution in [0.4, 0.5) is 4.79 Å². The molecule has 6 nitrogen and oxygen atoms in total. The van der Waals surface area contributed by atoms with Crippen molar-refractivity contribution in [2.75, 3.05) is 19.6 Å². The first-order valence-corrected chi connectivity index (χ1v) is 9.14. The monoisotopic (exact) mass is 346 g/mol. The van der Waals surface area contributed by atoms with Gasteiger partial charge in [-0.1, -0.05) is 31.2 Å². The van der Waals surface area contributed by atoms with E-state index in [1.165, 1.54) is 0 Å². The van der Waals surface area contributed by atoms with Gasteiger partial charge in [0.15, 0.2) is 0 Å². The molecule has 2 rings (SSSR count). The second-order valence-electron chi connectivity index (χ2n) is 6.69. The summed E-state index contributed by atoms with van der Waals surface area (Å²) in [6.07, 6.45) is 3.11. The molecule has 138 valence electrons. The third kappa shape index (κ3) is 5.46. The molecule has 25 heavy (non-hydrogen) atoms. The summed E-state index contributed by atoms with van der Waals surface area (Å²) in [5.41, 5.74) is 7.33. The number of primary amides is 1. The summed E-state index contributed by atoms with van der Waals surface area (Å²) >= 11 is 0. The first-order valence-electron chi connectivity index (χ1n) is 9.14. The Kier molecular flexibility index (Phi) is 7.25. The minimum Gasteiger partial charge on any atom is -0.352 e. The Bertz CT molecular complexity index is 585. The number of hydrogen-bond acceptors (Lipinski definition) is 3. The largest absolute Gasteiger partial charge is 0.352 e. The zero-order valence-corrected chi connectivity index (χ0v) is 15.3. The molecule has 0 spiro atoms. The fourth-order valence-electron chi connectivity index (χ4n) is 3.55. The normalized spacial score (nSPS) is 16.2. The van der Waals surface area contributed by atoms with E-state index in [-0.39, 0.29) is 18.4 Å². The van der Waals surface area contributed by atoms with E-state index < -0.39 is 12.1 Å². The number of rotatable bonds is 7. The Balaban J connectivity index is 2.16. The number of amides is 3. The van der Waals surface area contributed by atoms with Crippen LogP contribution in [0.15, 0.2) is 24.3 Å². The lowest BCUT2D eigenvalue weighted by Crippen LogP contribution is -2.47. The molecule has 1 aromatic carbocycles. The van der Waals surface area contributed by atoms with Gasteiger partial charge in [-0.3, -0.25) is 4.79 Å². The van der Waals surface area contributed by atoms with E-state index in [1.807, 2.05) is 36.1 Å². The Morgan fingerprint density at radius 2 is 2.00 bits per heavy atom. The molecule has 6 heteroatoms. The van der Waals surface area contributed by atoms with Crippen LogP contribution in [0.25, 0.3) is 0 Å². The van der Waals surface area contributed by atoms with E-state index in [2.05, 4.69) is 17.6 Å². The van der Waals surface area contributed by atoms with Gasteiger partial charge in [0.05, 0.1) is 12.5 Å². The Hall–Kier alpha value is -2.08. The number of nitrogens with one attached hydrogen (secondary N) is 2. The van der Waals surface area contributed by atoms with E-state index in [1.54, 1.807) is 0 Å². The van der Waals surface area contributed by atoms with Gasteiger partial charge in [-0.05, 0) is 50.4 Å². The van der Waals surface area contributed by atoms with Crippen molar-refractivity contribution in [1.82, 2.24) is 15.5 Å². The molecule has 0 bridgehead atoms. The first-order chi connectivity index (χ1) is 12.0. The maximum atomic E-state index is 13.0. The molecule has 1 saturated heterocycles. The molecule has 0 aromatic heterocycles. The maximum Gasteiger partial charge on any atom is 0.312 e. The van der Waals surface area contributed by atoms with Gasteiger partial charge >= 0.3 is 6.03 Å². The lowest BCUT2D eigenvalue weighted by molar-refractivity contribution is -0.134.